The van der Waals surface area contributed by atoms with Crippen molar-refractivity contribution >= 4 is 26.9 Å². The van der Waals surface area contributed by atoms with Gasteiger partial charge in [-0.1, -0.05) is 12.1 Å². The van der Waals surface area contributed by atoms with E-state index in [1.165, 1.54) is 6.07 Å². The van der Waals surface area contributed by atoms with Gasteiger partial charge in [0.05, 0.1) is 10.6 Å². The highest BCUT2D eigenvalue weighted by Gasteiger charge is 2.42. The fourth-order valence-electron chi connectivity index (χ4n) is 4.50. The Morgan fingerprint density at radius 3 is 2.69 bits per heavy atom. The van der Waals surface area contributed by atoms with E-state index in [9.17, 15) is 18.0 Å². The quantitative estimate of drug-likeness (QED) is 0.764. The first-order valence-corrected chi connectivity index (χ1v) is 11.6. The summed E-state index contributed by atoms with van der Waals surface area (Å²) in [6, 6.07) is 8.12. The van der Waals surface area contributed by atoms with Crippen LogP contribution in [0.5, 0.6) is 0 Å². The average Bonchev–Trinajstić information content (AvgIpc) is 2.72. The van der Waals surface area contributed by atoms with Crippen LogP contribution in [0.3, 0.4) is 0 Å². The van der Waals surface area contributed by atoms with Crippen molar-refractivity contribution in [2.24, 2.45) is 5.92 Å². The number of benzene rings is 1. The van der Waals surface area contributed by atoms with E-state index in [1.54, 1.807) is 47.3 Å². The van der Waals surface area contributed by atoms with Gasteiger partial charge in [0.25, 0.3) is 5.91 Å². The van der Waals surface area contributed by atoms with E-state index in [2.05, 4.69) is 0 Å². The Bertz CT molecular complexity index is 1090. The first-order valence-electron chi connectivity index (χ1n) is 10.1. The standard InChI is InChI=1S/C21H26N2O5S/c1-14(2)29(26,27)22-11-9-17-15(13-22)6-5-10-23(17)21(25)20-12-18(24)16-7-3-4-8-19(16)28-20/h3-4,7-8,12,14-15,17H,5-6,9-11,13H2,1-2H3/t15-,17-/m1/s1. The van der Waals surface area contributed by atoms with E-state index < -0.39 is 15.3 Å². The van der Waals surface area contributed by atoms with Gasteiger partial charge in [0.2, 0.25) is 10.0 Å². The molecule has 2 atom stereocenters. The van der Waals surface area contributed by atoms with Crippen LogP contribution in [0.2, 0.25) is 0 Å². The first-order chi connectivity index (χ1) is 13.8. The highest BCUT2D eigenvalue weighted by atomic mass is 32.2. The largest absolute Gasteiger partial charge is 0.451 e. The molecule has 2 saturated heterocycles. The molecule has 2 fully saturated rings. The van der Waals surface area contributed by atoms with Gasteiger partial charge in [0.15, 0.2) is 11.2 Å². The highest BCUT2D eigenvalue weighted by molar-refractivity contribution is 7.89. The third-order valence-corrected chi connectivity index (χ3v) is 8.34. The molecule has 4 rings (SSSR count). The van der Waals surface area contributed by atoms with E-state index in [-0.39, 0.29) is 29.1 Å². The lowest BCUT2D eigenvalue weighted by molar-refractivity contribution is 0.0308. The van der Waals surface area contributed by atoms with E-state index in [0.29, 0.717) is 37.0 Å². The minimum Gasteiger partial charge on any atom is -0.451 e. The van der Waals surface area contributed by atoms with E-state index in [4.69, 9.17) is 4.42 Å². The van der Waals surface area contributed by atoms with Crippen LogP contribution in [0.4, 0.5) is 0 Å². The van der Waals surface area contributed by atoms with Gasteiger partial charge in [-0.2, -0.15) is 0 Å². The molecule has 29 heavy (non-hydrogen) atoms. The predicted octanol–water partition coefficient (Wildman–Crippen LogP) is 2.46. The normalized spacial score (nSPS) is 23.3. The van der Waals surface area contributed by atoms with Crippen LogP contribution in [0, 0.1) is 5.92 Å². The lowest BCUT2D eigenvalue weighted by atomic mass is 9.84. The fourth-order valence-corrected chi connectivity index (χ4v) is 5.86. The summed E-state index contributed by atoms with van der Waals surface area (Å²) in [5, 5.41) is 0.0000199. The summed E-state index contributed by atoms with van der Waals surface area (Å²) in [6.45, 7) is 4.83. The van der Waals surface area contributed by atoms with Gasteiger partial charge in [-0.3, -0.25) is 9.59 Å². The monoisotopic (exact) mass is 418 g/mol. The Morgan fingerprint density at radius 1 is 1.17 bits per heavy atom. The van der Waals surface area contributed by atoms with Crippen molar-refractivity contribution in [1.82, 2.24) is 9.21 Å². The summed E-state index contributed by atoms with van der Waals surface area (Å²) in [6.07, 6.45) is 2.29. The number of nitrogens with zero attached hydrogens (tertiary/aromatic N) is 2. The Kier molecular flexibility index (Phi) is 5.25. The van der Waals surface area contributed by atoms with Crippen LogP contribution in [0.15, 0.2) is 39.5 Å². The molecule has 156 valence electrons. The number of piperidine rings is 2. The van der Waals surface area contributed by atoms with Gasteiger partial charge in [-0.15, -0.1) is 0 Å². The number of carbonyl (C=O) groups excluding carboxylic acids is 1. The van der Waals surface area contributed by atoms with Gasteiger partial charge < -0.3 is 9.32 Å². The molecule has 7 nitrogen and oxygen atoms in total. The lowest BCUT2D eigenvalue weighted by Gasteiger charge is -2.46. The maximum absolute atomic E-state index is 13.2. The van der Waals surface area contributed by atoms with E-state index >= 15 is 0 Å². The van der Waals surface area contributed by atoms with Crippen LogP contribution < -0.4 is 5.43 Å². The second-order valence-electron chi connectivity index (χ2n) is 8.18. The van der Waals surface area contributed by atoms with Crippen LogP contribution in [-0.4, -0.2) is 54.5 Å². The fraction of sp³-hybridized carbons (Fsp3) is 0.524. The molecule has 0 unspecified atom stereocenters. The van der Waals surface area contributed by atoms with Crippen LogP contribution in [-0.2, 0) is 10.0 Å². The number of carbonyl (C=O) groups is 1. The third-order valence-electron chi connectivity index (χ3n) is 6.09. The summed E-state index contributed by atoms with van der Waals surface area (Å²) in [4.78, 5) is 27.4. The maximum atomic E-state index is 13.2. The Labute approximate surface area is 170 Å². The van der Waals surface area contributed by atoms with E-state index in [0.717, 1.165) is 12.8 Å². The Morgan fingerprint density at radius 2 is 1.93 bits per heavy atom. The summed E-state index contributed by atoms with van der Waals surface area (Å²) < 4.78 is 32.4. The van der Waals surface area contributed by atoms with Crippen LogP contribution in [0.1, 0.15) is 43.7 Å². The van der Waals surface area contributed by atoms with Crippen molar-refractivity contribution in [3.8, 4) is 0 Å². The molecule has 0 N–H and O–H groups in total. The van der Waals surface area contributed by atoms with Crippen molar-refractivity contribution in [3.63, 3.8) is 0 Å². The van der Waals surface area contributed by atoms with Crippen molar-refractivity contribution < 1.29 is 17.6 Å². The molecule has 1 aromatic heterocycles. The molecule has 2 aliphatic heterocycles. The molecular formula is C21H26N2O5S. The number of para-hydroxylation sites is 1. The SMILES string of the molecule is CC(C)S(=O)(=O)N1CC[C@@H]2[C@H](CCCN2C(=O)c2cc(=O)c3ccccc3o2)C1. The Hall–Kier alpha value is -2.19. The number of hydrogen-bond acceptors (Lipinski definition) is 5. The zero-order valence-corrected chi connectivity index (χ0v) is 17.5. The van der Waals surface area contributed by atoms with Gasteiger partial charge in [0, 0.05) is 31.7 Å². The van der Waals surface area contributed by atoms with Gasteiger partial charge in [-0.25, -0.2) is 12.7 Å². The molecule has 1 aromatic carbocycles. The molecule has 0 saturated carbocycles. The summed E-state index contributed by atoms with van der Waals surface area (Å²) >= 11 is 0. The molecule has 0 aliphatic carbocycles. The summed E-state index contributed by atoms with van der Waals surface area (Å²) in [7, 11) is -3.30. The molecule has 8 heteroatoms. The van der Waals surface area contributed by atoms with Gasteiger partial charge in [-0.05, 0) is 51.2 Å². The molecule has 2 aliphatic rings. The zero-order valence-electron chi connectivity index (χ0n) is 16.7. The molecule has 1 amide bonds. The minimum absolute atomic E-state index is 0.0355. The Balaban J connectivity index is 1.59. The van der Waals surface area contributed by atoms with Crippen LogP contribution >= 0.6 is 0 Å². The number of rotatable bonds is 3. The van der Waals surface area contributed by atoms with E-state index in [1.807, 2.05) is 0 Å². The zero-order chi connectivity index (χ0) is 20.8. The number of likely N-dealkylation sites (tertiary alicyclic amines) is 1. The molecule has 3 heterocycles. The number of hydrogen-bond donors (Lipinski definition) is 0. The second kappa shape index (κ2) is 7.57. The third kappa shape index (κ3) is 3.59. The van der Waals surface area contributed by atoms with Gasteiger partial charge >= 0.3 is 0 Å². The summed E-state index contributed by atoms with van der Waals surface area (Å²) in [5.41, 5.74) is 0.163. The predicted molar refractivity (Wildman–Crippen MR) is 110 cm³/mol. The summed E-state index contributed by atoms with van der Waals surface area (Å²) in [5.74, 6) is -0.142. The highest BCUT2D eigenvalue weighted by Crippen LogP contribution is 2.33. The molecule has 2 aromatic rings. The van der Waals surface area contributed by atoms with Crippen LogP contribution in [0.25, 0.3) is 11.0 Å². The minimum atomic E-state index is -3.30. The van der Waals surface area contributed by atoms with Crippen molar-refractivity contribution in [2.75, 3.05) is 19.6 Å². The maximum Gasteiger partial charge on any atom is 0.289 e. The number of sulfonamides is 1. The molecule has 0 spiro atoms. The molecule has 0 bridgehead atoms. The van der Waals surface area contributed by atoms with Crippen molar-refractivity contribution in [2.45, 2.75) is 44.4 Å². The lowest BCUT2D eigenvalue weighted by Crippen LogP contribution is -2.57. The molecule has 0 radical (unpaired) electrons. The topological polar surface area (TPSA) is 87.9 Å². The second-order valence-corrected chi connectivity index (χ2v) is 10.7. The smallest absolute Gasteiger partial charge is 0.289 e. The first kappa shape index (κ1) is 20.1. The number of fused-ring (bicyclic) bond motifs is 2. The van der Waals surface area contributed by atoms with Gasteiger partial charge in [0.1, 0.15) is 5.58 Å². The van der Waals surface area contributed by atoms with Crippen molar-refractivity contribution in [3.05, 3.63) is 46.3 Å². The molecular weight excluding hydrogens is 392 g/mol. The van der Waals surface area contributed by atoms with Crippen molar-refractivity contribution in [1.29, 1.82) is 0 Å². The number of amides is 1. The average molecular weight is 419 g/mol.